The summed E-state index contributed by atoms with van der Waals surface area (Å²) < 4.78 is 54.0. The van der Waals surface area contributed by atoms with Crippen LogP contribution in [0.4, 0.5) is 17.6 Å². The lowest BCUT2D eigenvalue weighted by atomic mass is 10.1. The number of aryl methyl sites for hydroxylation is 1. The molecule has 0 saturated carbocycles. The number of alkyl halides is 3. The van der Waals surface area contributed by atoms with E-state index in [0.717, 1.165) is 17.7 Å². The van der Waals surface area contributed by atoms with Crippen molar-refractivity contribution in [2.45, 2.75) is 33.1 Å². The number of guanidine groups is 1. The van der Waals surface area contributed by atoms with Gasteiger partial charge in [0.1, 0.15) is 5.82 Å². The zero-order valence-corrected chi connectivity index (χ0v) is 14.6. The Bertz CT molecular complexity index is 752. The van der Waals surface area contributed by atoms with Gasteiger partial charge in [0.25, 0.3) is 0 Å². The van der Waals surface area contributed by atoms with Crippen LogP contribution in [-0.2, 0) is 19.3 Å². The van der Waals surface area contributed by atoms with E-state index in [1.165, 1.54) is 0 Å². The largest absolute Gasteiger partial charge is 0.416 e. The summed E-state index contributed by atoms with van der Waals surface area (Å²) >= 11 is 0. The van der Waals surface area contributed by atoms with E-state index in [4.69, 9.17) is 0 Å². The van der Waals surface area contributed by atoms with E-state index in [1.54, 1.807) is 10.9 Å². The van der Waals surface area contributed by atoms with Crippen LogP contribution in [0, 0.1) is 12.7 Å². The maximum atomic E-state index is 13.2. The molecule has 0 bridgehead atoms. The minimum absolute atomic E-state index is 0.0844. The summed E-state index contributed by atoms with van der Waals surface area (Å²) in [6.07, 6.45) is -0.997. The van der Waals surface area contributed by atoms with Gasteiger partial charge >= 0.3 is 6.18 Å². The van der Waals surface area contributed by atoms with Gasteiger partial charge in [-0.05, 0) is 37.1 Å². The molecule has 0 atom stereocenters. The Hall–Kier alpha value is -2.58. The van der Waals surface area contributed by atoms with Crippen LogP contribution >= 0.6 is 0 Å². The van der Waals surface area contributed by atoms with E-state index in [0.29, 0.717) is 31.7 Å². The fourth-order valence-electron chi connectivity index (χ4n) is 2.33. The standard InChI is InChI=1S/C17H21F4N5/c1-3-22-16(23-6-7-26-11-12(2)9-25-26)24-10-13-4-5-14(18)8-15(13)17(19,20)21/h4-5,8-9,11H,3,6-7,10H2,1-2H3,(H2,22,23,24). The van der Waals surface area contributed by atoms with Crippen LogP contribution in [-0.4, -0.2) is 28.8 Å². The van der Waals surface area contributed by atoms with Crippen LogP contribution < -0.4 is 10.6 Å². The molecule has 5 nitrogen and oxygen atoms in total. The van der Waals surface area contributed by atoms with Crippen molar-refractivity contribution in [3.63, 3.8) is 0 Å². The molecule has 2 aromatic rings. The second kappa shape index (κ2) is 8.68. The number of aliphatic imine (C=N–C) groups is 1. The highest BCUT2D eigenvalue weighted by Gasteiger charge is 2.33. The molecule has 1 aromatic carbocycles. The fourth-order valence-corrected chi connectivity index (χ4v) is 2.33. The van der Waals surface area contributed by atoms with Gasteiger partial charge in [0.15, 0.2) is 5.96 Å². The van der Waals surface area contributed by atoms with Crippen molar-refractivity contribution in [2.75, 3.05) is 13.1 Å². The summed E-state index contributed by atoms with van der Waals surface area (Å²) in [7, 11) is 0. The average Bonchev–Trinajstić information content (AvgIpc) is 2.98. The van der Waals surface area contributed by atoms with Crippen molar-refractivity contribution < 1.29 is 17.6 Å². The van der Waals surface area contributed by atoms with E-state index in [-0.39, 0.29) is 12.1 Å². The molecule has 0 fully saturated rings. The molecule has 142 valence electrons. The van der Waals surface area contributed by atoms with Gasteiger partial charge in [-0.2, -0.15) is 18.3 Å². The molecular weight excluding hydrogens is 350 g/mol. The lowest BCUT2D eigenvalue weighted by Crippen LogP contribution is -2.39. The summed E-state index contributed by atoms with van der Waals surface area (Å²) in [5, 5.41) is 10.2. The Morgan fingerprint density at radius 1 is 1.27 bits per heavy atom. The number of hydrogen-bond acceptors (Lipinski definition) is 2. The minimum Gasteiger partial charge on any atom is -0.357 e. The Labute approximate surface area is 149 Å². The predicted molar refractivity (Wildman–Crippen MR) is 91.2 cm³/mol. The molecule has 0 aliphatic carbocycles. The maximum Gasteiger partial charge on any atom is 0.416 e. The first-order chi connectivity index (χ1) is 12.3. The van der Waals surface area contributed by atoms with Crippen molar-refractivity contribution in [1.82, 2.24) is 20.4 Å². The number of aromatic nitrogens is 2. The van der Waals surface area contributed by atoms with Gasteiger partial charge in [0, 0.05) is 19.3 Å². The van der Waals surface area contributed by atoms with Gasteiger partial charge in [-0.25, -0.2) is 9.38 Å². The van der Waals surface area contributed by atoms with Gasteiger partial charge in [0.05, 0.1) is 24.8 Å². The molecule has 2 N–H and O–H groups in total. The Balaban J connectivity index is 2.04. The Kier molecular flexibility index (Phi) is 6.59. The number of nitrogens with one attached hydrogen (secondary N) is 2. The highest BCUT2D eigenvalue weighted by atomic mass is 19.4. The van der Waals surface area contributed by atoms with Crippen LogP contribution in [0.3, 0.4) is 0 Å². The van der Waals surface area contributed by atoms with Crippen LogP contribution in [0.15, 0.2) is 35.6 Å². The van der Waals surface area contributed by atoms with Crippen LogP contribution in [0.1, 0.15) is 23.6 Å². The molecule has 0 amide bonds. The minimum atomic E-state index is -4.63. The van der Waals surface area contributed by atoms with Gasteiger partial charge in [-0.1, -0.05) is 6.07 Å². The zero-order chi connectivity index (χ0) is 19.2. The molecule has 0 spiro atoms. The van der Waals surface area contributed by atoms with Gasteiger partial charge in [0.2, 0.25) is 0 Å². The first-order valence-corrected chi connectivity index (χ1v) is 8.16. The third kappa shape index (κ3) is 5.75. The summed E-state index contributed by atoms with van der Waals surface area (Å²) in [5.41, 5.74) is -0.0514. The molecular formula is C17H21F4N5. The summed E-state index contributed by atoms with van der Waals surface area (Å²) in [5.74, 6) is -0.543. The average molecular weight is 371 g/mol. The molecule has 1 aromatic heterocycles. The number of hydrogen-bond donors (Lipinski definition) is 2. The highest BCUT2D eigenvalue weighted by Crippen LogP contribution is 2.32. The number of halogens is 4. The molecule has 9 heteroatoms. The zero-order valence-electron chi connectivity index (χ0n) is 14.6. The quantitative estimate of drug-likeness (QED) is 0.466. The summed E-state index contributed by atoms with van der Waals surface area (Å²) in [6.45, 7) is 5.22. The Morgan fingerprint density at radius 2 is 2.04 bits per heavy atom. The molecule has 0 saturated heterocycles. The van der Waals surface area contributed by atoms with Crippen LogP contribution in [0.25, 0.3) is 0 Å². The van der Waals surface area contributed by atoms with Crippen molar-refractivity contribution >= 4 is 5.96 Å². The lowest BCUT2D eigenvalue weighted by Gasteiger charge is -2.14. The molecule has 0 aliphatic rings. The third-order valence-electron chi connectivity index (χ3n) is 3.52. The van der Waals surface area contributed by atoms with Crippen molar-refractivity contribution in [1.29, 1.82) is 0 Å². The van der Waals surface area contributed by atoms with E-state index >= 15 is 0 Å². The van der Waals surface area contributed by atoms with Gasteiger partial charge in [-0.3, -0.25) is 4.68 Å². The monoisotopic (exact) mass is 371 g/mol. The second-order valence-corrected chi connectivity index (χ2v) is 5.70. The topological polar surface area (TPSA) is 54.2 Å². The maximum absolute atomic E-state index is 13.2. The highest BCUT2D eigenvalue weighted by molar-refractivity contribution is 5.79. The van der Waals surface area contributed by atoms with E-state index in [9.17, 15) is 17.6 Å². The van der Waals surface area contributed by atoms with Crippen LogP contribution in [0.2, 0.25) is 0 Å². The number of nitrogens with zero attached hydrogens (tertiary/aromatic N) is 3. The van der Waals surface area contributed by atoms with Crippen LogP contribution in [0.5, 0.6) is 0 Å². The first kappa shape index (κ1) is 19.7. The van der Waals surface area contributed by atoms with Crippen molar-refractivity contribution in [3.05, 3.63) is 53.1 Å². The third-order valence-corrected chi connectivity index (χ3v) is 3.52. The number of rotatable bonds is 6. The second-order valence-electron chi connectivity index (χ2n) is 5.70. The fraction of sp³-hybridized carbons (Fsp3) is 0.412. The SMILES string of the molecule is CCNC(=NCc1ccc(F)cc1C(F)(F)F)NCCn1cc(C)cn1. The number of benzene rings is 1. The molecule has 0 aliphatic heterocycles. The van der Waals surface area contributed by atoms with Crippen molar-refractivity contribution in [3.8, 4) is 0 Å². The van der Waals surface area contributed by atoms with Gasteiger partial charge in [-0.15, -0.1) is 0 Å². The van der Waals surface area contributed by atoms with E-state index < -0.39 is 17.6 Å². The molecule has 26 heavy (non-hydrogen) atoms. The van der Waals surface area contributed by atoms with Gasteiger partial charge < -0.3 is 10.6 Å². The molecule has 0 unspecified atom stereocenters. The predicted octanol–water partition coefficient (Wildman–Crippen LogP) is 3.10. The van der Waals surface area contributed by atoms with Crippen molar-refractivity contribution in [2.24, 2.45) is 4.99 Å². The smallest absolute Gasteiger partial charge is 0.357 e. The molecule has 0 radical (unpaired) electrons. The first-order valence-electron chi connectivity index (χ1n) is 8.16. The summed E-state index contributed by atoms with van der Waals surface area (Å²) in [6, 6.07) is 2.60. The normalized spacial score (nSPS) is 12.3. The Morgan fingerprint density at radius 3 is 2.65 bits per heavy atom. The van der Waals surface area contributed by atoms with E-state index in [1.807, 2.05) is 20.0 Å². The molecule has 2 rings (SSSR count). The lowest BCUT2D eigenvalue weighted by molar-refractivity contribution is -0.138. The van der Waals surface area contributed by atoms with E-state index in [2.05, 4.69) is 20.7 Å². The summed E-state index contributed by atoms with van der Waals surface area (Å²) in [4.78, 5) is 4.17. The molecule has 1 heterocycles.